The molecule has 25 heavy (non-hydrogen) atoms. The van der Waals surface area contributed by atoms with Crippen molar-refractivity contribution in [2.24, 2.45) is 4.99 Å². The number of hydrogen-bond acceptors (Lipinski definition) is 4. The van der Waals surface area contributed by atoms with E-state index in [0.29, 0.717) is 25.5 Å². The lowest BCUT2D eigenvalue weighted by Crippen LogP contribution is -2.40. The number of para-hydroxylation sites is 1. The molecule has 3 N–H and O–H groups in total. The summed E-state index contributed by atoms with van der Waals surface area (Å²) in [5, 5.41) is 10.5. The minimum atomic E-state index is 0. The number of thiazole rings is 1. The van der Waals surface area contributed by atoms with Crippen LogP contribution < -0.4 is 16.0 Å². The van der Waals surface area contributed by atoms with Gasteiger partial charge in [0.2, 0.25) is 5.91 Å². The molecular formula is C17H22IN5OS. The number of aryl methyl sites for hydroxylation is 1. The third-order valence-electron chi connectivity index (χ3n) is 3.92. The standard InChI is InChI=1S/C17H21N5OS.HI/c1-11-8-19-16(24-11)10-21-17(18-2)20-9-12-7-15(23)22-14-6-4-3-5-13(12)14;/h3-6,8,12H,7,9-10H2,1-2H3,(H,22,23)(H2,18,20,21);1H. The van der Waals surface area contributed by atoms with Crippen LogP contribution in [0, 0.1) is 6.92 Å². The number of rotatable bonds is 4. The second-order valence-corrected chi connectivity index (χ2v) is 7.03. The molecule has 1 aliphatic rings. The van der Waals surface area contributed by atoms with Crippen LogP contribution in [0.4, 0.5) is 5.69 Å². The van der Waals surface area contributed by atoms with Crippen LogP contribution in [-0.2, 0) is 11.3 Å². The molecular weight excluding hydrogens is 449 g/mol. The number of nitrogens with zero attached hydrogens (tertiary/aromatic N) is 2. The summed E-state index contributed by atoms with van der Waals surface area (Å²) in [4.78, 5) is 21.6. The number of nitrogens with one attached hydrogen (secondary N) is 3. The number of benzene rings is 1. The molecule has 1 aromatic heterocycles. The maximum atomic E-state index is 11.9. The number of anilines is 1. The Morgan fingerprint density at radius 1 is 1.40 bits per heavy atom. The summed E-state index contributed by atoms with van der Waals surface area (Å²) in [7, 11) is 1.74. The Morgan fingerprint density at radius 2 is 2.20 bits per heavy atom. The first-order valence-electron chi connectivity index (χ1n) is 7.90. The lowest BCUT2D eigenvalue weighted by molar-refractivity contribution is -0.116. The molecule has 1 atom stereocenters. The number of carbonyl (C=O) groups excluding carboxylic acids is 1. The SMILES string of the molecule is CN=C(NCc1ncc(C)s1)NCC1CC(=O)Nc2ccccc21.I. The molecule has 2 aromatic rings. The minimum Gasteiger partial charge on any atom is -0.356 e. The largest absolute Gasteiger partial charge is 0.356 e. The van der Waals surface area contributed by atoms with Crippen molar-refractivity contribution in [3.63, 3.8) is 0 Å². The summed E-state index contributed by atoms with van der Waals surface area (Å²) in [5.74, 6) is 0.906. The lowest BCUT2D eigenvalue weighted by atomic mass is 9.90. The molecule has 2 heterocycles. The van der Waals surface area contributed by atoms with Gasteiger partial charge in [0.05, 0.1) is 6.54 Å². The van der Waals surface area contributed by atoms with Crippen molar-refractivity contribution < 1.29 is 4.79 Å². The number of guanidine groups is 1. The molecule has 0 radical (unpaired) electrons. The van der Waals surface area contributed by atoms with E-state index < -0.39 is 0 Å². The molecule has 0 aliphatic carbocycles. The van der Waals surface area contributed by atoms with Crippen molar-refractivity contribution in [3.8, 4) is 0 Å². The third kappa shape index (κ3) is 5.15. The summed E-state index contributed by atoms with van der Waals surface area (Å²) in [5.41, 5.74) is 2.07. The fourth-order valence-corrected chi connectivity index (χ4v) is 3.49. The van der Waals surface area contributed by atoms with E-state index in [1.165, 1.54) is 4.88 Å². The first kappa shape index (κ1) is 19.6. The van der Waals surface area contributed by atoms with E-state index >= 15 is 0 Å². The van der Waals surface area contributed by atoms with E-state index in [9.17, 15) is 4.79 Å². The molecule has 0 saturated carbocycles. The number of hydrogen-bond donors (Lipinski definition) is 3. The van der Waals surface area contributed by atoms with Gasteiger partial charge in [0.1, 0.15) is 5.01 Å². The van der Waals surface area contributed by atoms with Crippen molar-refractivity contribution in [2.45, 2.75) is 25.8 Å². The van der Waals surface area contributed by atoms with Gasteiger partial charge < -0.3 is 16.0 Å². The molecule has 0 fully saturated rings. The lowest BCUT2D eigenvalue weighted by Gasteiger charge is -2.26. The monoisotopic (exact) mass is 471 g/mol. The number of amides is 1. The van der Waals surface area contributed by atoms with Gasteiger partial charge in [-0.25, -0.2) is 4.98 Å². The minimum absolute atomic E-state index is 0. The quantitative estimate of drug-likeness (QED) is 0.364. The van der Waals surface area contributed by atoms with Gasteiger partial charge in [0.25, 0.3) is 0 Å². The number of aliphatic imine (C=N–C) groups is 1. The Bertz CT molecular complexity index is 761. The Kier molecular flexibility index (Phi) is 7.18. The van der Waals surface area contributed by atoms with E-state index in [0.717, 1.165) is 16.3 Å². The van der Waals surface area contributed by atoms with Crippen molar-refractivity contribution >= 4 is 52.9 Å². The summed E-state index contributed by atoms with van der Waals surface area (Å²) in [6.45, 7) is 3.33. The maximum Gasteiger partial charge on any atom is 0.225 e. The number of fused-ring (bicyclic) bond motifs is 1. The Balaban J connectivity index is 0.00000225. The average molecular weight is 471 g/mol. The van der Waals surface area contributed by atoms with Crippen molar-refractivity contribution in [1.82, 2.24) is 15.6 Å². The highest BCUT2D eigenvalue weighted by Gasteiger charge is 2.24. The van der Waals surface area contributed by atoms with Crippen molar-refractivity contribution in [3.05, 3.63) is 45.9 Å². The molecule has 0 bridgehead atoms. The number of aromatic nitrogens is 1. The van der Waals surface area contributed by atoms with Gasteiger partial charge in [-0.15, -0.1) is 35.3 Å². The van der Waals surface area contributed by atoms with Crippen LogP contribution >= 0.6 is 35.3 Å². The molecule has 1 amide bonds. The van der Waals surface area contributed by atoms with Gasteiger partial charge >= 0.3 is 0 Å². The number of carbonyl (C=O) groups is 1. The second-order valence-electron chi connectivity index (χ2n) is 5.71. The Labute approximate surface area is 168 Å². The maximum absolute atomic E-state index is 11.9. The van der Waals surface area contributed by atoms with E-state index in [2.05, 4.69) is 32.0 Å². The molecule has 8 heteroatoms. The normalized spacial score (nSPS) is 16.5. The van der Waals surface area contributed by atoms with Crippen LogP contribution in [0.25, 0.3) is 0 Å². The fourth-order valence-electron chi connectivity index (χ4n) is 2.77. The van der Waals surface area contributed by atoms with Crippen LogP contribution in [0.1, 0.15) is 27.8 Å². The van der Waals surface area contributed by atoms with Crippen LogP contribution in [0.3, 0.4) is 0 Å². The van der Waals surface area contributed by atoms with Crippen LogP contribution in [0.15, 0.2) is 35.5 Å². The van der Waals surface area contributed by atoms with Gasteiger partial charge in [-0.3, -0.25) is 9.79 Å². The predicted octanol–water partition coefficient (Wildman–Crippen LogP) is 2.86. The predicted molar refractivity (Wildman–Crippen MR) is 113 cm³/mol. The molecule has 0 spiro atoms. The third-order valence-corrected chi connectivity index (χ3v) is 4.83. The highest BCUT2D eigenvalue weighted by atomic mass is 127. The summed E-state index contributed by atoms with van der Waals surface area (Å²) < 4.78 is 0. The second kappa shape index (κ2) is 9.14. The topological polar surface area (TPSA) is 78.4 Å². The van der Waals surface area contributed by atoms with Crippen LogP contribution in [-0.4, -0.2) is 30.4 Å². The van der Waals surface area contributed by atoms with E-state index in [1.807, 2.05) is 31.3 Å². The highest BCUT2D eigenvalue weighted by molar-refractivity contribution is 14.0. The van der Waals surface area contributed by atoms with Crippen molar-refractivity contribution in [1.29, 1.82) is 0 Å². The molecule has 1 unspecified atom stereocenters. The smallest absolute Gasteiger partial charge is 0.225 e. The fraction of sp³-hybridized carbons (Fsp3) is 0.353. The summed E-state index contributed by atoms with van der Waals surface area (Å²) in [6.07, 6.45) is 2.35. The van der Waals surface area contributed by atoms with Gasteiger partial charge in [0, 0.05) is 42.7 Å². The molecule has 0 saturated heterocycles. The van der Waals surface area contributed by atoms with Crippen LogP contribution in [0.5, 0.6) is 0 Å². The molecule has 134 valence electrons. The summed E-state index contributed by atoms with van der Waals surface area (Å²) in [6, 6.07) is 7.94. The Morgan fingerprint density at radius 3 is 2.92 bits per heavy atom. The van der Waals surface area contributed by atoms with E-state index in [4.69, 9.17) is 0 Å². The van der Waals surface area contributed by atoms with E-state index in [1.54, 1.807) is 18.4 Å². The molecule has 1 aromatic carbocycles. The summed E-state index contributed by atoms with van der Waals surface area (Å²) >= 11 is 1.67. The van der Waals surface area contributed by atoms with E-state index in [-0.39, 0.29) is 35.8 Å². The molecule has 6 nitrogen and oxygen atoms in total. The zero-order chi connectivity index (χ0) is 16.9. The van der Waals surface area contributed by atoms with Gasteiger partial charge in [0.15, 0.2) is 5.96 Å². The van der Waals surface area contributed by atoms with Gasteiger partial charge in [-0.05, 0) is 18.6 Å². The average Bonchev–Trinajstić information content (AvgIpc) is 3.00. The van der Waals surface area contributed by atoms with Crippen molar-refractivity contribution in [2.75, 3.05) is 18.9 Å². The van der Waals surface area contributed by atoms with Gasteiger partial charge in [-0.1, -0.05) is 18.2 Å². The zero-order valence-corrected chi connectivity index (χ0v) is 17.4. The first-order chi connectivity index (χ1) is 11.7. The molecule has 1 aliphatic heterocycles. The van der Waals surface area contributed by atoms with Crippen LogP contribution in [0.2, 0.25) is 0 Å². The molecule has 3 rings (SSSR count). The van der Waals surface area contributed by atoms with Gasteiger partial charge in [-0.2, -0.15) is 0 Å². The highest BCUT2D eigenvalue weighted by Crippen LogP contribution is 2.31. The first-order valence-corrected chi connectivity index (χ1v) is 8.72. The zero-order valence-electron chi connectivity index (χ0n) is 14.2. The Hall–Kier alpha value is -1.68. The number of halogens is 1.